The number of aromatic nitrogens is 2. The molecule has 2 aliphatic rings. The number of morpholine rings is 1. The van der Waals surface area contributed by atoms with Crippen LogP contribution in [0.3, 0.4) is 0 Å². The lowest BCUT2D eigenvalue weighted by Gasteiger charge is -2.27. The van der Waals surface area contributed by atoms with Gasteiger partial charge >= 0.3 is 0 Å². The summed E-state index contributed by atoms with van der Waals surface area (Å²) in [5.74, 6) is 0. The fourth-order valence-electron chi connectivity index (χ4n) is 2.22. The predicted octanol–water partition coefficient (Wildman–Crippen LogP) is 0.210. The van der Waals surface area contributed by atoms with Gasteiger partial charge in [0.2, 0.25) is 0 Å². The standard InChI is InChI=1S/C11H15N3O2/c1-3-15-5-8-9(1)13-7-14-11(8)10-6-16-4-2-12-10/h7,10,12H,1-6H2. The van der Waals surface area contributed by atoms with Crippen molar-refractivity contribution in [3.63, 3.8) is 0 Å². The minimum atomic E-state index is 0.187. The molecule has 2 aliphatic heterocycles. The van der Waals surface area contributed by atoms with Crippen molar-refractivity contribution in [3.05, 3.63) is 23.3 Å². The van der Waals surface area contributed by atoms with Gasteiger partial charge in [0, 0.05) is 18.5 Å². The molecule has 1 unspecified atom stereocenters. The summed E-state index contributed by atoms with van der Waals surface area (Å²) < 4.78 is 10.9. The van der Waals surface area contributed by atoms with E-state index in [1.807, 2.05) is 0 Å². The Morgan fingerprint density at radius 1 is 1.25 bits per heavy atom. The second-order valence-electron chi connectivity index (χ2n) is 4.07. The number of hydrogen-bond donors (Lipinski definition) is 1. The maximum atomic E-state index is 5.48. The first-order valence-corrected chi connectivity index (χ1v) is 5.66. The smallest absolute Gasteiger partial charge is 0.116 e. The van der Waals surface area contributed by atoms with Crippen LogP contribution in [-0.2, 0) is 22.5 Å². The number of rotatable bonds is 1. The molecule has 16 heavy (non-hydrogen) atoms. The van der Waals surface area contributed by atoms with E-state index < -0.39 is 0 Å². The van der Waals surface area contributed by atoms with E-state index in [4.69, 9.17) is 9.47 Å². The van der Waals surface area contributed by atoms with Crippen molar-refractivity contribution < 1.29 is 9.47 Å². The second-order valence-corrected chi connectivity index (χ2v) is 4.07. The van der Waals surface area contributed by atoms with E-state index in [9.17, 15) is 0 Å². The van der Waals surface area contributed by atoms with Crippen LogP contribution in [-0.4, -0.2) is 36.3 Å². The van der Waals surface area contributed by atoms with Gasteiger partial charge in [0.05, 0.1) is 43.9 Å². The van der Waals surface area contributed by atoms with Crippen LogP contribution >= 0.6 is 0 Å². The van der Waals surface area contributed by atoms with Gasteiger partial charge in [-0.05, 0) is 0 Å². The van der Waals surface area contributed by atoms with E-state index in [2.05, 4.69) is 15.3 Å². The average Bonchev–Trinajstić information content (AvgIpc) is 2.39. The quantitative estimate of drug-likeness (QED) is 0.734. The molecule has 1 aromatic rings. The summed E-state index contributed by atoms with van der Waals surface area (Å²) in [6.45, 7) is 3.73. The van der Waals surface area contributed by atoms with E-state index in [1.165, 1.54) is 0 Å². The maximum Gasteiger partial charge on any atom is 0.116 e. The van der Waals surface area contributed by atoms with Crippen LogP contribution in [0.4, 0.5) is 0 Å². The lowest BCUT2D eigenvalue weighted by molar-refractivity contribution is 0.0717. The molecule has 0 spiro atoms. The summed E-state index contributed by atoms with van der Waals surface area (Å²) in [5, 5.41) is 3.41. The molecule has 86 valence electrons. The summed E-state index contributed by atoms with van der Waals surface area (Å²) in [7, 11) is 0. The summed E-state index contributed by atoms with van der Waals surface area (Å²) in [4.78, 5) is 8.70. The van der Waals surface area contributed by atoms with Gasteiger partial charge in [0.1, 0.15) is 6.33 Å². The summed E-state index contributed by atoms with van der Waals surface area (Å²) in [5.41, 5.74) is 3.32. The van der Waals surface area contributed by atoms with Crippen LogP contribution in [0.5, 0.6) is 0 Å². The predicted molar refractivity (Wildman–Crippen MR) is 57.0 cm³/mol. The highest BCUT2D eigenvalue weighted by Crippen LogP contribution is 2.23. The normalized spacial score (nSPS) is 25.1. The Labute approximate surface area is 94.2 Å². The molecule has 0 bridgehead atoms. The highest BCUT2D eigenvalue weighted by molar-refractivity contribution is 5.28. The van der Waals surface area contributed by atoms with Gasteiger partial charge in [0.15, 0.2) is 0 Å². The number of hydrogen-bond acceptors (Lipinski definition) is 5. The molecule has 0 radical (unpaired) electrons. The Kier molecular flexibility index (Phi) is 2.82. The average molecular weight is 221 g/mol. The lowest BCUT2D eigenvalue weighted by atomic mass is 10.0. The van der Waals surface area contributed by atoms with Gasteiger partial charge in [-0.1, -0.05) is 0 Å². The van der Waals surface area contributed by atoms with Crippen molar-refractivity contribution >= 4 is 0 Å². The lowest BCUT2D eigenvalue weighted by Crippen LogP contribution is -2.36. The third kappa shape index (κ3) is 1.81. The zero-order chi connectivity index (χ0) is 10.8. The van der Waals surface area contributed by atoms with Gasteiger partial charge in [-0.3, -0.25) is 0 Å². The van der Waals surface area contributed by atoms with E-state index in [1.54, 1.807) is 6.33 Å². The van der Waals surface area contributed by atoms with Crippen LogP contribution in [0, 0.1) is 0 Å². The fraction of sp³-hybridized carbons (Fsp3) is 0.636. The van der Waals surface area contributed by atoms with E-state index in [0.29, 0.717) is 13.2 Å². The van der Waals surface area contributed by atoms with Gasteiger partial charge in [0.25, 0.3) is 0 Å². The van der Waals surface area contributed by atoms with Crippen LogP contribution in [0.25, 0.3) is 0 Å². The van der Waals surface area contributed by atoms with Crippen LogP contribution in [0.1, 0.15) is 23.0 Å². The van der Waals surface area contributed by atoms with E-state index >= 15 is 0 Å². The summed E-state index contributed by atoms with van der Waals surface area (Å²) in [6.07, 6.45) is 2.54. The van der Waals surface area contributed by atoms with Gasteiger partial charge in [-0.2, -0.15) is 0 Å². The summed E-state index contributed by atoms with van der Waals surface area (Å²) >= 11 is 0. The molecule has 3 rings (SSSR count). The monoisotopic (exact) mass is 221 g/mol. The molecule has 1 fully saturated rings. The molecule has 1 aromatic heterocycles. The van der Waals surface area contributed by atoms with Gasteiger partial charge in [-0.15, -0.1) is 0 Å². The first-order chi connectivity index (χ1) is 7.95. The number of fused-ring (bicyclic) bond motifs is 1. The third-order valence-electron chi connectivity index (χ3n) is 3.05. The zero-order valence-corrected chi connectivity index (χ0v) is 9.11. The molecule has 5 heteroatoms. The zero-order valence-electron chi connectivity index (χ0n) is 9.11. The molecule has 1 N–H and O–H groups in total. The molecular weight excluding hydrogens is 206 g/mol. The SMILES string of the molecule is c1nc2c(c(C3COCCN3)n1)COCC2. The fourth-order valence-corrected chi connectivity index (χ4v) is 2.22. The summed E-state index contributed by atoms with van der Waals surface area (Å²) in [6, 6.07) is 0.187. The van der Waals surface area contributed by atoms with Crippen molar-refractivity contribution in [1.29, 1.82) is 0 Å². The van der Waals surface area contributed by atoms with E-state index in [0.717, 1.165) is 43.1 Å². The Balaban J connectivity index is 1.93. The highest BCUT2D eigenvalue weighted by Gasteiger charge is 2.23. The van der Waals surface area contributed by atoms with Gasteiger partial charge < -0.3 is 14.8 Å². The van der Waals surface area contributed by atoms with Crippen LogP contribution in [0.15, 0.2) is 6.33 Å². The largest absolute Gasteiger partial charge is 0.378 e. The topological polar surface area (TPSA) is 56.3 Å². The Bertz CT molecular complexity index is 377. The molecule has 1 saturated heterocycles. The van der Waals surface area contributed by atoms with E-state index in [-0.39, 0.29) is 6.04 Å². The molecule has 0 amide bonds. The Morgan fingerprint density at radius 2 is 2.25 bits per heavy atom. The first kappa shape index (κ1) is 10.1. The molecular formula is C11H15N3O2. The van der Waals surface area contributed by atoms with Crippen molar-refractivity contribution in [3.8, 4) is 0 Å². The molecule has 0 saturated carbocycles. The minimum absolute atomic E-state index is 0.187. The minimum Gasteiger partial charge on any atom is -0.378 e. The van der Waals surface area contributed by atoms with Crippen molar-refractivity contribution in [2.24, 2.45) is 0 Å². The molecule has 0 aliphatic carbocycles. The third-order valence-corrected chi connectivity index (χ3v) is 3.05. The molecule has 1 atom stereocenters. The number of nitrogens with zero attached hydrogens (tertiary/aromatic N) is 2. The maximum absolute atomic E-state index is 5.48. The van der Waals surface area contributed by atoms with Gasteiger partial charge in [-0.25, -0.2) is 9.97 Å². The van der Waals surface area contributed by atoms with Crippen molar-refractivity contribution in [2.45, 2.75) is 19.1 Å². The van der Waals surface area contributed by atoms with Crippen LogP contribution < -0.4 is 5.32 Å². The first-order valence-electron chi connectivity index (χ1n) is 5.66. The van der Waals surface area contributed by atoms with Crippen molar-refractivity contribution in [2.75, 3.05) is 26.4 Å². The Morgan fingerprint density at radius 3 is 3.12 bits per heavy atom. The van der Waals surface area contributed by atoms with Crippen LogP contribution in [0.2, 0.25) is 0 Å². The number of nitrogens with one attached hydrogen (secondary N) is 1. The number of ether oxygens (including phenoxy) is 2. The van der Waals surface area contributed by atoms with Crippen molar-refractivity contribution in [1.82, 2.24) is 15.3 Å². The highest BCUT2D eigenvalue weighted by atomic mass is 16.5. The second kappa shape index (κ2) is 4.45. The Hall–Kier alpha value is -1.04. The molecule has 5 nitrogen and oxygen atoms in total. The molecule has 3 heterocycles. The molecule has 0 aromatic carbocycles.